The van der Waals surface area contributed by atoms with Crippen LogP contribution in [0.4, 0.5) is 13.2 Å². The fraction of sp³-hybridized carbons (Fsp3) is 0.455. The van der Waals surface area contributed by atoms with Gasteiger partial charge in [-0.25, -0.2) is 22.6 Å². The number of nitrogens with zero attached hydrogens (tertiary/aromatic N) is 4. The van der Waals surface area contributed by atoms with Crippen molar-refractivity contribution in [3.05, 3.63) is 52.2 Å². The Labute approximate surface area is 192 Å². The summed E-state index contributed by atoms with van der Waals surface area (Å²) in [5.41, 5.74) is -1.24. The highest BCUT2D eigenvalue weighted by Crippen LogP contribution is 2.54. The smallest absolute Gasteiger partial charge is 0.331 e. The second-order valence-corrected chi connectivity index (χ2v) is 9.45. The Balaban J connectivity index is 1.66. The van der Waals surface area contributed by atoms with Gasteiger partial charge >= 0.3 is 5.97 Å². The quantitative estimate of drug-likeness (QED) is 0.422. The first kappa shape index (κ1) is 23.3. The van der Waals surface area contributed by atoms with Crippen molar-refractivity contribution in [3.63, 3.8) is 0 Å². The zero-order valence-electron chi connectivity index (χ0n) is 18.4. The van der Waals surface area contributed by atoms with Crippen LogP contribution in [0.2, 0.25) is 5.02 Å². The summed E-state index contributed by atoms with van der Waals surface area (Å²) in [6.45, 7) is 6.47. The molecule has 2 aromatic heterocycles. The third-order valence-corrected chi connectivity index (χ3v) is 5.69. The lowest BCUT2D eigenvalue weighted by atomic mass is 9.95. The molecule has 1 aromatic carbocycles. The van der Waals surface area contributed by atoms with E-state index in [9.17, 15) is 18.0 Å². The lowest BCUT2D eigenvalue weighted by Gasteiger charge is -2.23. The van der Waals surface area contributed by atoms with Crippen LogP contribution in [0.25, 0.3) is 11.6 Å². The van der Waals surface area contributed by atoms with Crippen LogP contribution in [-0.2, 0) is 14.9 Å². The maximum absolute atomic E-state index is 13.7. The highest BCUT2D eigenvalue weighted by Gasteiger charge is 2.51. The average molecular weight is 483 g/mol. The summed E-state index contributed by atoms with van der Waals surface area (Å²) in [6.07, 6.45) is -1.56. The molecule has 0 amide bonds. The third-order valence-electron chi connectivity index (χ3n) is 5.37. The van der Waals surface area contributed by atoms with E-state index in [4.69, 9.17) is 20.9 Å². The van der Waals surface area contributed by atoms with E-state index < -0.39 is 41.0 Å². The van der Waals surface area contributed by atoms with Gasteiger partial charge in [0.15, 0.2) is 11.5 Å². The number of rotatable bonds is 6. The molecule has 3 aromatic rings. The van der Waals surface area contributed by atoms with Gasteiger partial charge in [0.2, 0.25) is 0 Å². The van der Waals surface area contributed by atoms with Gasteiger partial charge in [-0.3, -0.25) is 0 Å². The Bertz CT molecular complexity index is 1200. The Morgan fingerprint density at radius 1 is 1.27 bits per heavy atom. The molecule has 1 atom stereocenters. The molecule has 0 aliphatic heterocycles. The van der Waals surface area contributed by atoms with Crippen LogP contribution in [0.15, 0.2) is 28.8 Å². The topological polar surface area (TPSA) is 83.0 Å². The zero-order valence-corrected chi connectivity index (χ0v) is 19.2. The van der Waals surface area contributed by atoms with Crippen molar-refractivity contribution in [2.24, 2.45) is 0 Å². The molecule has 1 saturated carbocycles. The lowest BCUT2D eigenvalue weighted by Crippen LogP contribution is -2.30. The average Bonchev–Trinajstić information content (AvgIpc) is 3.15. The number of esters is 1. The normalized spacial score (nSPS) is 16.2. The number of ether oxygens (including phenoxy) is 1. The van der Waals surface area contributed by atoms with Crippen molar-refractivity contribution < 1.29 is 27.2 Å². The second kappa shape index (κ2) is 8.16. The molecule has 0 saturated heterocycles. The summed E-state index contributed by atoms with van der Waals surface area (Å²) < 4.78 is 52.4. The molecule has 0 radical (unpaired) electrons. The van der Waals surface area contributed by atoms with Crippen molar-refractivity contribution in [1.82, 2.24) is 19.9 Å². The van der Waals surface area contributed by atoms with Gasteiger partial charge in [0.25, 0.3) is 12.3 Å². The molecule has 1 fully saturated rings. The first-order chi connectivity index (χ1) is 15.4. The van der Waals surface area contributed by atoms with E-state index in [-0.39, 0.29) is 16.6 Å². The van der Waals surface area contributed by atoms with E-state index in [1.165, 1.54) is 19.1 Å². The van der Waals surface area contributed by atoms with Crippen molar-refractivity contribution >= 4 is 17.6 Å². The number of aromatic nitrogens is 4. The lowest BCUT2D eigenvalue weighted by molar-refractivity contribution is -0.158. The summed E-state index contributed by atoms with van der Waals surface area (Å²) in [5, 5.41) is 8.39. The van der Waals surface area contributed by atoms with Crippen molar-refractivity contribution in [1.29, 1.82) is 0 Å². The van der Waals surface area contributed by atoms with E-state index in [0.29, 0.717) is 24.2 Å². The van der Waals surface area contributed by atoms with Gasteiger partial charge in [0, 0.05) is 5.02 Å². The molecule has 0 bridgehead atoms. The number of carbonyl (C=O) groups excluding carboxylic acids is 1. The molecule has 11 heteroatoms. The van der Waals surface area contributed by atoms with Crippen molar-refractivity contribution in [2.45, 2.75) is 64.0 Å². The molecule has 0 N–H and O–H groups in total. The predicted octanol–water partition coefficient (Wildman–Crippen LogP) is 5.65. The van der Waals surface area contributed by atoms with Gasteiger partial charge in [0.1, 0.15) is 23.2 Å². The fourth-order valence-electron chi connectivity index (χ4n) is 3.61. The standard InChI is InChI=1S/C22H22ClF3N4O3/c1-11(19(31)32-21(2,3)4)30-16(17(25)26)10-15(28-30)18-27-20(29-33-18)22(7-8-22)13-6-5-12(24)9-14(13)23/h5-6,9-11,17H,7-8H2,1-4H3/t11-/m1/s1. The molecule has 2 heterocycles. The van der Waals surface area contributed by atoms with Gasteiger partial charge in [-0.2, -0.15) is 10.1 Å². The van der Waals surface area contributed by atoms with Gasteiger partial charge in [0.05, 0.1) is 5.41 Å². The first-order valence-electron chi connectivity index (χ1n) is 10.3. The number of carbonyl (C=O) groups is 1. The van der Waals surface area contributed by atoms with Crippen molar-refractivity contribution in [2.75, 3.05) is 0 Å². The monoisotopic (exact) mass is 482 g/mol. The largest absolute Gasteiger partial charge is 0.458 e. The van der Waals surface area contributed by atoms with Crippen LogP contribution < -0.4 is 0 Å². The summed E-state index contributed by atoms with van der Waals surface area (Å²) in [6, 6.07) is 4.10. The summed E-state index contributed by atoms with van der Waals surface area (Å²) in [4.78, 5) is 16.8. The van der Waals surface area contributed by atoms with Crippen LogP contribution in [-0.4, -0.2) is 31.5 Å². The van der Waals surface area contributed by atoms with Crippen LogP contribution >= 0.6 is 11.6 Å². The number of alkyl halides is 2. The van der Waals surface area contributed by atoms with Crippen LogP contribution in [0, 0.1) is 5.82 Å². The van der Waals surface area contributed by atoms with Crippen LogP contribution in [0.1, 0.15) is 70.1 Å². The molecule has 176 valence electrons. The summed E-state index contributed by atoms with van der Waals surface area (Å²) in [7, 11) is 0. The van der Waals surface area contributed by atoms with Crippen LogP contribution in [0.3, 0.4) is 0 Å². The highest BCUT2D eigenvalue weighted by atomic mass is 35.5. The van der Waals surface area contributed by atoms with Crippen LogP contribution in [0.5, 0.6) is 0 Å². The van der Waals surface area contributed by atoms with Gasteiger partial charge in [-0.1, -0.05) is 22.8 Å². The maximum atomic E-state index is 13.7. The molecule has 7 nitrogen and oxygen atoms in total. The van der Waals surface area contributed by atoms with E-state index in [0.717, 1.165) is 10.7 Å². The fourth-order valence-corrected chi connectivity index (χ4v) is 3.96. The Hall–Kier alpha value is -2.88. The van der Waals surface area contributed by atoms with Crippen molar-refractivity contribution in [3.8, 4) is 11.6 Å². The van der Waals surface area contributed by atoms with Gasteiger partial charge < -0.3 is 9.26 Å². The third kappa shape index (κ3) is 4.48. The highest BCUT2D eigenvalue weighted by molar-refractivity contribution is 6.31. The molecular formula is C22H22ClF3N4O3. The Morgan fingerprint density at radius 2 is 1.97 bits per heavy atom. The molecule has 0 unspecified atom stereocenters. The zero-order chi connectivity index (χ0) is 24.1. The Kier molecular flexibility index (Phi) is 5.76. The Morgan fingerprint density at radius 3 is 2.55 bits per heavy atom. The maximum Gasteiger partial charge on any atom is 0.331 e. The summed E-state index contributed by atoms with van der Waals surface area (Å²) >= 11 is 6.23. The number of hydrogen-bond donors (Lipinski definition) is 0. The minimum Gasteiger partial charge on any atom is -0.458 e. The molecular weight excluding hydrogens is 461 g/mol. The number of halogens is 4. The summed E-state index contributed by atoms with van der Waals surface area (Å²) in [5.74, 6) is -0.934. The molecule has 1 aliphatic rings. The van der Waals surface area contributed by atoms with E-state index >= 15 is 0 Å². The molecule has 4 rings (SSSR count). The molecule has 1 aliphatic carbocycles. The van der Waals surface area contributed by atoms with E-state index in [2.05, 4.69) is 15.2 Å². The van der Waals surface area contributed by atoms with E-state index in [1.807, 2.05) is 0 Å². The van der Waals surface area contributed by atoms with E-state index in [1.54, 1.807) is 26.8 Å². The van der Waals surface area contributed by atoms with Gasteiger partial charge in [-0.15, -0.1) is 0 Å². The number of hydrogen-bond acceptors (Lipinski definition) is 6. The number of benzene rings is 1. The predicted molar refractivity (Wildman–Crippen MR) is 112 cm³/mol. The molecule has 0 spiro atoms. The van der Waals surface area contributed by atoms with Gasteiger partial charge in [-0.05, 0) is 64.3 Å². The minimum absolute atomic E-state index is 0.000428. The second-order valence-electron chi connectivity index (χ2n) is 9.04. The first-order valence-corrected chi connectivity index (χ1v) is 10.7. The molecule has 33 heavy (non-hydrogen) atoms. The SMILES string of the molecule is C[C@H](C(=O)OC(C)(C)C)n1nc(-c2nc(C3(c4ccc(F)cc4Cl)CC3)no2)cc1C(F)F. The minimum atomic E-state index is -2.90.